The van der Waals surface area contributed by atoms with Gasteiger partial charge in [0.25, 0.3) is 5.91 Å². The predicted molar refractivity (Wildman–Crippen MR) is 92.4 cm³/mol. The lowest BCUT2D eigenvalue weighted by atomic mass is 10.1. The molecule has 0 bridgehead atoms. The van der Waals surface area contributed by atoms with Gasteiger partial charge in [-0.1, -0.05) is 44.2 Å². The molecule has 0 heterocycles. The Balaban J connectivity index is 1.84. The highest BCUT2D eigenvalue weighted by Gasteiger charge is 2.08. The summed E-state index contributed by atoms with van der Waals surface area (Å²) in [6, 6.07) is 16.9. The van der Waals surface area contributed by atoms with Crippen LogP contribution in [0.25, 0.3) is 0 Å². The summed E-state index contributed by atoms with van der Waals surface area (Å²) >= 11 is 0. The van der Waals surface area contributed by atoms with Gasteiger partial charge < -0.3 is 10.6 Å². The van der Waals surface area contributed by atoms with Gasteiger partial charge in [0, 0.05) is 23.7 Å². The molecule has 23 heavy (non-hydrogen) atoms. The average molecular weight is 310 g/mol. The second-order valence-corrected chi connectivity index (χ2v) is 5.71. The van der Waals surface area contributed by atoms with Crippen molar-refractivity contribution in [1.29, 1.82) is 0 Å². The normalized spacial score (nSPS) is 10.4. The van der Waals surface area contributed by atoms with Gasteiger partial charge in [0.15, 0.2) is 0 Å². The number of hydrogen-bond donors (Lipinski definition) is 2. The van der Waals surface area contributed by atoms with Crippen molar-refractivity contribution in [3.63, 3.8) is 0 Å². The first-order chi connectivity index (χ1) is 11.1. The van der Waals surface area contributed by atoms with Crippen LogP contribution in [-0.2, 0) is 11.2 Å². The van der Waals surface area contributed by atoms with Gasteiger partial charge in [-0.3, -0.25) is 9.59 Å². The van der Waals surface area contributed by atoms with Crippen molar-refractivity contribution in [1.82, 2.24) is 5.32 Å². The van der Waals surface area contributed by atoms with Crippen LogP contribution in [0.3, 0.4) is 0 Å². The minimum Gasteiger partial charge on any atom is -0.352 e. The molecule has 0 unspecified atom stereocenters. The molecular formula is C19H22N2O2. The zero-order chi connectivity index (χ0) is 16.7. The highest BCUT2D eigenvalue weighted by Crippen LogP contribution is 2.11. The van der Waals surface area contributed by atoms with Crippen molar-refractivity contribution in [3.8, 4) is 0 Å². The fourth-order valence-corrected chi connectivity index (χ4v) is 2.06. The number of anilines is 1. The van der Waals surface area contributed by atoms with Crippen LogP contribution in [0.5, 0.6) is 0 Å². The lowest BCUT2D eigenvalue weighted by Gasteiger charge is -2.09. The molecule has 2 aromatic carbocycles. The third kappa shape index (κ3) is 5.25. The number of carbonyl (C=O) groups is 2. The summed E-state index contributed by atoms with van der Waals surface area (Å²) in [5, 5.41) is 5.70. The maximum atomic E-state index is 12.1. The van der Waals surface area contributed by atoms with Crippen molar-refractivity contribution >= 4 is 17.5 Å². The van der Waals surface area contributed by atoms with E-state index in [0.29, 0.717) is 17.8 Å². The molecule has 120 valence electrons. The van der Waals surface area contributed by atoms with E-state index in [1.165, 1.54) is 5.56 Å². The van der Waals surface area contributed by atoms with Gasteiger partial charge in [0.05, 0.1) is 0 Å². The summed E-state index contributed by atoms with van der Waals surface area (Å²) in [5.41, 5.74) is 2.48. The van der Waals surface area contributed by atoms with Crippen LogP contribution in [-0.4, -0.2) is 18.4 Å². The second-order valence-electron chi connectivity index (χ2n) is 5.71. The topological polar surface area (TPSA) is 58.2 Å². The van der Waals surface area contributed by atoms with Gasteiger partial charge in [0.2, 0.25) is 5.91 Å². The monoisotopic (exact) mass is 310 g/mol. The molecule has 0 fully saturated rings. The van der Waals surface area contributed by atoms with E-state index < -0.39 is 0 Å². The summed E-state index contributed by atoms with van der Waals surface area (Å²) in [6.07, 6.45) is 0.801. The molecule has 0 saturated carbocycles. The third-order valence-corrected chi connectivity index (χ3v) is 3.48. The van der Waals surface area contributed by atoms with E-state index in [2.05, 4.69) is 10.6 Å². The van der Waals surface area contributed by atoms with Crippen molar-refractivity contribution in [2.45, 2.75) is 20.3 Å². The van der Waals surface area contributed by atoms with Crippen molar-refractivity contribution in [2.75, 3.05) is 11.9 Å². The quantitative estimate of drug-likeness (QED) is 0.860. The van der Waals surface area contributed by atoms with Crippen LogP contribution in [0.15, 0.2) is 54.6 Å². The van der Waals surface area contributed by atoms with Crippen LogP contribution in [0, 0.1) is 5.92 Å². The Hall–Kier alpha value is -2.62. The maximum absolute atomic E-state index is 12.1. The molecule has 0 spiro atoms. The van der Waals surface area contributed by atoms with Crippen LogP contribution >= 0.6 is 0 Å². The zero-order valence-electron chi connectivity index (χ0n) is 13.5. The molecule has 2 rings (SSSR count). The predicted octanol–water partition coefficient (Wildman–Crippen LogP) is 3.25. The number of rotatable bonds is 6. The lowest BCUT2D eigenvalue weighted by Crippen LogP contribution is -2.25. The summed E-state index contributed by atoms with van der Waals surface area (Å²) in [6.45, 7) is 4.27. The summed E-state index contributed by atoms with van der Waals surface area (Å²) in [4.78, 5) is 23.7. The van der Waals surface area contributed by atoms with E-state index >= 15 is 0 Å². The van der Waals surface area contributed by atoms with Crippen molar-refractivity contribution in [2.24, 2.45) is 5.92 Å². The molecule has 4 heteroatoms. The highest BCUT2D eigenvalue weighted by molar-refractivity contribution is 5.96. The van der Waals surface area contributed by atoms with Gasteiger partial charge in [-0.05, 0) is 36.2 Å². The van der Waals surface area contributed by atoms with Crippen LogP contribution in [0.1, 0.15) is 29.8 Å². The van der Waals surface area contributed by atoms with Gasteiger partial charge in [-0.15, -0.1) is 0 Å². The summed E-state index contributed by atoms with van der Waals surface area (Å²) < 4.78 is 0. The average Bonchev–Trinajstić information content (AvgIpc) is 2.56. The molecule has 2 N–H and O–H groups in total. The smallest absolute Gasteiger partial charge is 0.251 e. The van der Waals surface area contributed by atoms with Crippen LogP contribution in [0.4, 0.5) is 5.69 Å². The molecular weight excluding hydrogens is 288 g/mol. The minimum absolute atomic E-state index is 0.0370. The zero-order valence-corrected chi connectivity index (χ0v) is 13.5. The van der Waals surface area contributed by atoms with E-state index in [1.807, 2.05) is 44.2 Å². The number of amides is 2. The number of carbonyl (C=O) groups excluding carboxylic acids is 2. The molecule has 0 saturated heterocycles. The minimum atomic E-state index is -0.109. The Morgan fingerprint density at radius 3 is 2.22 bits per heavy atom. The van der Waals surface area contributed by atoms with E-state index in [1.54, 1.807) is 24.3 Å². The Labute approximate surface area is 136 Å². The maximum Gasteiger partial charge on any atom is 0.251 e. The first kappa shape index (κ1) is 16.7. The molecule has 4 nitrogen and oxygen atoms in total. The molecule has 0 radical (unpaired) electrons. The van der Waals surface area contributed by atoms with Crippen molar-refractivity contribution in [3.05, 3.63) is 65.7 Å². The molecule has 0 aliphatic rings. The molecule has 0 aromatic heterocycles. The van der Waals surface area contributed by atoms with E-state index in [4.69, 9.17) is 0 Å². The SMILES string of the molecule is CC(C)C(=O)Nc1ccc(C(=O)NCCc2ccccc2)cc1. The molecule has 0 aliphatic heterocycles. The summed E-state index contributed by atoms with van der Waals surface area (Å²) in [5.74, 6) is -0.219. The Morgan fingerprint density at radius 2 is 1.61 bits per heavy atom. The molecule has 0 aliphatic carbocycles. The largest absolute Gasteiger partial charge is 0.352 e. The fourth-order valence-electron chi connectivity index (χ4n) is 2.06. The first-order valence-corrected chi connectivity index (χ1v) is 7.79. The van der Waals surface area contributed by atoms with Gasteiger partial charge >= 0.3 is 0 Å². The first-order valence-electron chi connectivity index (χ1n) is 7.79. The Morgan fingerprint density at radius 1 is 0.957 bits per heavy atom. The van der Waals surface area contributed by atoms with Gasteiger partial charge in [-0.25, -0.2) is 0 Å². The van der Waals surface area contributed by atoms with E-state index in [9.17, 15) is 9.59 Å². The van der Waals surface area contributed by atoms with E-state index in [0.717, 1.165) is 6.42 Å². The van der Waals surface area contributed by atoms with Crippen LogP contribution in [0.2, 0.25) is 0 Å². The van der Waals surface area contributed by atoms with Crippen molar-refractivity contribution < 1.29 is 9.59 Å². The number of benzene rings is 2. The lowest BCUT2D eigenvalue weighted by molar-refractivity contribution is -0.118. The van der Waals surface area contributed by atoms with Gasteiger partial charge in [-0.2, -0.15) is 0 Å². The Bertz CT molecular complexity index is 649. The van der Waals surface area contributed by atoms with Crippen LogP contribution < -0.4 is 10.6 Å². The molecule has 2 aromatic rings. The molecule has 0 atom stereocenters. The molecule has 2 amide bonds. The number of hydrogen-bond acceptors (Lipinski definition) is 2. The standard InChI is InChI=1S/C19H22N2O2/c1-14(2)18(22)21-17-10-8-16(9-11-17)19(23)20-13-12-15-6-4-3-5-7-15/h3-11,14H,12-13H2,1-2H3,(H,20,23)(H,21,22). The third-order valence-electron chi connectivity index (χ3n) is 3.48. The van der Waals surface area contributed by atoms with Gasteiger partial charge in [0.1, 0.15) is 0 Å². The highest BCUT2D eigenvalue weighted by atomic mass is 16.2. The summed E-state index contributed by atoms with van der Waals surface area (Å²) in [7, 11) is 0. The Kier molecular flexibility index (Phi) is 5.92. The number of nitrogens with one attached hydrogen (secondary N) is 2. The van der Waals surface area contributed by atoms with E-state index in [-0.39, 0.29) is 17.7 Å². The fraction of sp³-hybridized carbons (Fsp3) is 0.263. The second kappa shape index (κ2) is 8.13.